The van der Waals surface area contributed by atoms with Crippen LogP contribution in [-0.4, -0.2) is 57.4 Å². The average molecular weight is 342 g/mol. The molecule has 0 saturated carbocycles. The molecule has 6 heteroatoms. The van der Waals surface area contributed by atoms with Crippen molar-refractivity contribution in [1.82, 2.24) is 0 Å². The molecule has 138 valence electrons. The summed E-state index contributed by atoms with van der Waals surface area (Å²) in [6.45, 7) is 5.32. The fraction of sp³-hybridized carbons (Fsp3) is 0.889. The Labute approximate surface area is 143 Å². The van der Waals surface area contributed by atoms with Gasteiger partial charge < -0.3 is 29.5 Å². The van der Waals surface area contributed by atoms with Gasteiger partial charge in [-0.15, -0.1) is 6.58 Å². The summed E-state index contributed by atoms with van der Waals surface area (Å²) in [5, 5.41) is 30.2. The second-order valence-electron chi connectivity index (χ2n) is 7.67. The third kappa shape index (κ3) is 3.28. The summed E-state index contributed by atoms with van der Waals surface area (Å²) in [5.41, 5.74) is -1.11. The molecule has 6 atom stereocenters. The monoisotopic (exact) mass is 342 g/mol. The Morgan fingerprint density at radius 2 is 1.96 bits per heavy atom. The van der Waals surface area contributed by atoms with E-state index in [1.54, 1.807) is 6.92 Å². The van der Waals surface area contributed by atoms with E-state index in [4.69, 9.17) is 14.2 Å². The van der Waals surface area contributed by atoms with Crippen LogP contribution in [0.25, 0.3) is 0 Å². The van der Waals surface area contributed by atoms with Gasteiger partial charge in [-0.3, -0.25) is 0 Å². The van der Waals surface area contributed by atoms with Crippen molar-refractivity contribution in [2.24, 2.45) is 0 Å². The van der Waals surface area contributed by atoms with Gasteiger partial charge in [0.1, 0.15) is 5.60 Å². The molecule has 3 aliphatic heterocycles. The largest absolute Gasteiger partial charge is 0.394 e. The summed E-state index contributed by atoms with van der Waals surface area (Å²) in [6.07, 6.45) is 5.76. The lowest BCUT2D eigenvalue weighted by Crippen LogP contribution is -2.60. The molecule has 0 aromatic rings. The quantitative estimate of drug-likeness (QED) is 0.673. The first kappa shape index (κ1) is 18.3. The second-order valence-corrected chi connectivity index (χ2v) is 7.67. The molecule has 3 saturated heterocycles. The minimum atomic E-state index is -1.12. The van der Waals surface area contributed by atoms with Crippen molar-refractivity contribution in [2.45, 2.75) is 93.8 Å². The maximum atomic E-state index is 10.9. The number of hydrogen-bond donors (Lipinski definition) is 3. The first-order chi connectivity index (χ1) is 11.3. The fourth-order valence-electron chi connectivity index (χ4n) is 4.25. The molecule has 24 heavy (non-hydrogen) atoms. The number of aliphatic hydroxyl groups is 3. The summed E-state index contributed by atoms with van der Waals surface area (Å²) in [5.74, 6) is -1.90. The van der Waals surface area contributed by atoms with Crippen molar-refractivity contribution in [1.29, 1.82) is 0 Å². The molecule has 3 rings (SSSR count). The molecule has 3 aliphatic rings. The molecule has 3 N–H and O–H groups in total. The zero-order valence-corrected chi connectivity index (χ0v) is 14.4. The van der Waals surface area contributed by atoms with Crippen LogP contribution < -0.4 is 0 Å². The van der Waals surface area contributed by atoms with E-state index in [1.807, 2.05) is 0 Å². The van der Waals surface area contributed by atoms with Crippen LogP contribution in [0.15, 0.2) is 12.7 Å². The lowest BCUT2D eigenvalue weighted by Gasteiger charge is -2.50. The maximum Gasteiger partial charge on any atom is 0.200 e. The van der Waals surface area contributed by atoms with Crippen molar-refractivity contribution < 1.29 is 29.5 Å². The highest BCUT2D eigenvalue weighted by Gasteiger charge is 2.63. The molecule has 6 nitrogen and oxygen atoms in total. The summed E-state index contributed by atoms with van der Waals surface area (Å²) in [4.78, 5) is 0. The van der Waals surface area contributed by atoms with E-state index in [1.165, 1.54) is 6.08 Å². The molecular weight excluding hydrogens is 312 g/mol. The number of rotatable bonds is 4. The first-order valence-corrected chi connectivity index (χ1v) is 9.03. The van der Waals surface area contributed by atoms with E-state index in [-0.39, 0.29) is 18.8 Å². The first-order valence-electron chi connectivity index (χ1n) is 9.03. The van der Waals surface area contributed by atoms with E-state index < -0.39 is 23.3 Å². The highest BCUT2D eigenvalue weighted by atomic mass is 16.8. The van der Waals surface area contributed by atoms with E-state index in [9.17, 15) is 15.3 Å². The highest BCUT2D eigenvalue weighted by Crippen LogP contribution is 2.53. The molecule has 0 unspecified atom stereocenters. The molecule has 3 fully saturated rings. The van der Waals surface area contributed by atoms with Crippen molar-refractivity contribution in [2.75, 3.05) is 6.61 Å². The third-order valence-corrected chi connectivity index (χ3v) is 5.76. The number of ether oxygens (including phenoxy) is 3. The summed E-state index contributed by atoms with van der Waals surface area (Å²) in [6, 6.07) is 0. The molecule has 3 heterocycles. The van der Waals surface area contributed by atoms with Crippen LogP contribution in [0.4, 0.5) is 0 Å². The van der Waals surface area contributed by atoms with Crippen molar-refractivity contribution >= 4 is 0 Å². The highest BCUT2D eigenvalue weighted by molar-refractivity contribution is 5.03. The SMILES string of the molecule is C=C[C@@H](O)C[C@@H]1CC[C@](C)(O)[C@]2(CC[C@@]3(CCC[C@H](CO)O3)O2)O1. The molecule has 0 aliphatic carbocycles. The Morgan fingerprint density at radius 1 is 1.17 bits per heavy atom. The van der Waals surface area contributed by atoms with E-state index >= 15 is 0 Å². The Morgan fingerprint density at radius 3 is 2.67 bits per heavy atom. The molecule has 0 aromatic heterocycles. The summed E-state index contributed by atoms with van der Waals surface area (Å²) < 4.78 is 18.5. The summed E-state index contributed by atoms with van der Waals surface area (Å²) >= 11 is 0. The van der Waals surface area contributed by atoms with Gasteiger partial charge in [-0.05, 0) is 32.6 Å². The summed E-state index contributed by atoms with van der Waals surface area (Å²) in [7, 11) is 0. The van der Waals surface area contributed by atoms with Crippen LogP contribution in [0.1, 0.15) is 58.3 Å². The molecular formula is C18H30O6. The molecule has 0 aromatic carbocycles. The van der Waals surface area contributed by atoms with E-state index in [0.717, 1.165) is 19.3 Å². The van der Waals surface area contributed by atoms with Gasteiger partial charge in [0.25, 0.3) is 0 Å². The topological polar surface area (TPSA) is 88.4 Å². The van der Waals surface area contributed by atoms with Crippen molar-refractivity contribution in [3.63, 3.8) is 0 Å². The van der Waals surface area contributed by atoms with E-state index in [2.05, 4.69) is 6.58 Å². The number of hydrogen-bond acceptors (Lipinski definition) is 6. The molecule has 0 bridgehead atoms. The normalized spacial score (nSPS) is 47.2. The van der Waals surface area contributed by atoms with Crippen LogP contribution in [0.3, 0.4) is 0 Å². The van der Waals surface area contributed by atoms with Crippen LogP contribution in [0, 0.1) is 0 Å². The minimum Gasteiger partial charge on any atom is -0.394 e. The fourth-order valence-corrected chi connectivity index (χ4v) is 4.25. The zero-order valence-electron chi connectivity index (χ0n) is 14.4. The van der Waals surface area contributed by atoms with Crippen LogP contribution in [0.5, 0.6) is 0 Å². The van der Waals surface area contributed by atoms with Gasteiger partial charge in [0.2, 0.25) is 5.79 Å². The Hall–Kier alpha value is -0.500. The Balaban J connectivity index is 1.75. The Kier molecular flexibility index (Phi) is 5.08. The lowest BCUT2D eigenvalue weighted by atomic mass is 9.83. The molecule has 0 amide bonds. The van der Waals surface area contributed by atoms with Gasteiger partial charge in [-0.1, -0.05) is 6.08 Å². The van der Waals surface area contributed by atoms with Crippen LogP contribution in [0.2, 0.25) is 0 Å². The third-order valence-electron chi connectivity index (χ3n) is 5.76. The van der Waals surface area contributed by atoms with Gasteiger partial charge >= 0.3 is 0 Å². The molecule has 0 radical (unpaired) electrons. The lowest BCUT2D eigenvalue weighted by molar-refractivity contribution is -0.402. The maximum absolute atomic E-state index is 10.9. The second kappa shape index (κ2) is 6.67. The molecule has 2 spiro atoms. The zero-order chi connectivity index (χ0) is 17.4. The smallest absolute Gasteiger partial charge is 0.200 e. The van der Waals surface area contributed by atoms with Gasteiger partial charge in [-0.25, -0.2) is 0 Å². The van der Waals surface area contributed by atoms with Gasteiger partial charge in [0.05, 0.1) is 24.9 Å². The van der Waals surface area contributed by atoms with Crippen LogP contribution >= 0.6 is 0 Å². The number of aliphatic hydroxyl groups excluding tert-OH is 2. The van der Waals surface area contributed by atoms with Crippen molar-refractivity contribution in [3.8, 4) is 0 Å². The standard InChI is InChI=1S/C18H30O6/c1-3-13(20)11-14-6-8-16(2,21)18(23-14)10-9-17(24-18)7-4-5-15(12-19)22-17/h3,13-15,19-21H,1,4-12H2,2H3/t13-,14+,15-,16+,17-,18-/m1/s1. The van der Waals surface area contributed by atoms with E-state index in [0.29, 0.717) is 32.1 Å². The minimum absolute atomic E-state index is 0.0243. The van der Waals surface area contributed by atoms with Crippen molar-refractivity contribution in [3.05, 3.63) is 12.7 Å². The van der Waals surface area contributed by atoms with Gasteiger partial charge in [-0.2, -0.15) is 0 Å². The van der Waals surface area contributed by atoms with Gasteiger partial charge in [0, 0.05) is 25.7 Å². The predicted molar refractivity (Wildman–Crippen MR) is 87.1 cm³/mol. The predicted octanol–water partition coefficient (Wildman–Crippen LogP) is 1.62. The Bertz CT molecular complexity index is 466. The van der Waals surface area contributed by atoms with Crippen LogP contribution in [-0.2, 0) is 14.2 Å². The average Bonchev–Trinajstić information content (AvgIpc) is 2.90. The van der Waals surface area contributed by atoms with Gasteiger partial charge in [0.15, 0.2) is 5.79 Å².